The smallest absolute Gasteiger partial charge is 0.305 e. The molecule has 0 saturated heterocycles. The monoisotopic (exact) mass is 293 g/mol. The molecule has 1 aromatic rings. The third-order valence-electron chi connectivity index (χ3n) is 3.41. The van der Waals surface area contributed by atoms with Gasteiger partial charge in [-0.1, -0.05) is 19.9 Å². The van der Waals surface area contributed by atoms with Crippen LogP contribution in [-0.4, -0.2) is 34.7 Å². The van der Waals surface area contributed by atoms with Crippen LogP contribution in [0.25, 0.3) is 0 Å². The van der Waals surface area contributed by atoms with Crippen molar-refractivity contribution in [3.8, 4) is 5.75 Å². The number of carbonyl (C=O) groups is 2. The van der Waals surface area contributed by atoms with Gasteiger partial charge in [0.25, 0.3) is 5.91 Å². The first-order valence-corrected chi connectivity index (χ1v) is 6.87. The molecular formula is C15H19NO5. The van der Waals surface area contributed by atoms with Gasteiger partial charge >= 0.3 is 5.97 Å². The third kappa shape index (κ3) is 3.16. The third-order valence-corrected chi connectivity index (χ3v) is 3.41. The lowest BCUT2D eigenvalue weighted by Gasteiger charge is -2.36. The quantitative estimate of drug-likeness (QED) is 0.857. The van der Waals surface area contributed by atoms with Crippen LogP contribution in [0.4, 0.5) is 5.69 Å². The van der Waals surface area contributed by atoms with Gasteiger partial charge in [-0.2, -0.15) is 0 Å². The van der Waals surface area contributed by atoms with Crippen LogP contribution >= 0.6 is 0 Å². The maximum absolute atomic E-state index is 12.5. The molecule has 1 heterocycles. The van der Waals surface area contributed by atoms with E-state index in [2.05, 4.69) is 0 Å². The van der Waals surface area contributed by atoms with Crippen molar-refractivity contribution < 1.29 is 24.5 Å². The zero-order valence-corrected chi connectivity index (χ0v) is 12.1. The highest BCUT2D eigenvalue weighted by Gasteiger charge is 2.36. The van der Waals surface area contributed by atoms with E-state index in [1.165, 1.54) is 4.90 Å². The highest BCUT2D eigenvalue weighted by molar-refractivity contribution is 6.00. The zero-order chi connectivity index (χ0) is 15.6. The van der Waals surface area contributed by atoms with Crippen molar-refractivity contribution in [3.05, 3.63) is 23.8 Å². The van der Waals surface area contributed by atoms with E-state index in [9.17, 15) is 14.7 Å². The Morgan fingerprint density at radius 1 is 1.43 bits per heavy atom. The number of aliphatic carboxylic acids is 1. The molecule has 0 spiro atoms. The van der Waals surface area contributed by atoms with Crippen LogP contribution in [0.2, 0.25) is 0 Å². The van der Waals surface area contributed by atoms with Gasteiger partial charge in [-0.05, 0) is 23.6 Å². The van der Waals surface area contributed by atoms with Crippen molar-refractivity contribution in [2.24, 2.45) is 5.92 Å². The summed E-state index contributed by atoms with van der Waals surface area (Å²) < 4.78 is 5.72. The molecule has 0 aliphatic carbocycles. The molecule has 0 aromatic heterocycles. The molecule has 2 rings (SSSR count). The minimum absolute atomic E-state index is 0.0181. The Hall–Kier alpha value is -2.08. The zero-order valence-electron chi connectivity index (χ0n) is 12.1. The van der Waals surface area contributed by atoms with Crippen molar-refractivity contribution in [3.63, 3.8) is 0 Å². The number of ether oxygens (including phenoxy) is 1. The summed E-state index contributed by atoms with van der Waals surface area (Å²) in [6, 6.07) is 5.09. The number of aliphatic hydroxyl groups excluding tert-OH is 1. The van der Waals surface area contributed by atoms with E-state index in [1.807, 2.05) is 13.8 Å². The topological polar surface area (TPSA) is 87.1 Å². The van der Waals surface area contributed by atoms with Gasteiger partial charge in [0.15, 0.2) is 6.10 Å². The van der Waals surface area contributed by atoms with Gasteiger partial charge in [0, 0.05) is 6.54 Å². The van der Waals surface area contributed by atoms with E-state index in [0.29, 0.717) is 17.0 Å². The fourth-order valence-corrected chi connectivity index (χ4v) is 2.29. The largest absolute Gasteiger partial charge is 0.481 e. The summed E-state index contributed by atoms with van der Waals surface area (Å²) >= 11 is 0. The lowest BCUT2D eigenvalue weighted by molar-refractivity contribution is -0.136. The van der Waals surface area contributed by atoms with Gasteiger partial charge in [-0.25, -0.2) is 0 Å². The van der Waals surface area contributed by atoms with Crippen molar-refractivity contribution in [2.75, 3.05) is 11.4 Å². The molecule has 21 heavy (non-hydrogen) atoms. The fourth-order valence-electron chi connectivity index (χ4n) is 2.29. The number of carbonyl (C=O) groups excluding carboxylic acids is 1. The number of rotatable bonds is 5. The molecule has 1 aromatic carbocycles. The van der Waals surface area contributed by atoms with E-state index in [4.69, 9.17) is 9.84 Å². The summed E-state index contributed by atoms with van der Waals surface area (Å²) in [7, 11) is 0. The number of hydrogen-bond donors (Lipinski definition) is 2. The molecule has 114 valence electrons. The predicted molar refractivity (Wildman–Crippen MR) is 76.2 cm³/mol. The number of aliphatic hydroxyl groups is 1. The first-order chi connectivity index (χ1) is 9.93. The van der Waals surface area contributed by atoms with Crippen molar-refractivity contribution in [1.82, 2.24) is 0 Å². The fraction of sp³-hybridized carbons (Fsp3) is 0.467. The number of carboxylic acids is 1. The number of benzene rings is 1. The Bertz CT molecular complexity index is 555. The van der Waals surface area contributed by atoms with Crippen molar-refractivity contribution >= 4 is 17.6 Å². The minimum atomic E-state index is -0.963. The van der Waals surface area contributed by atoms with Crippen LogP contribution < -0.4 is 9.64 Å². The molecular weight excluding hydrogens is 274 g/mol. The van der Waals surface area contributed by atoms with E-state index >= 15 is 0 Å². The molecule has 2 N–H and O–H groups in total. The maximum atomic E-state index is 12.5. The van der Waals surface area contributed by atoms with Crippen LogP contribution in [-0.2, 0) is 16.2 Å². The molecule has 0 saturated carbocycles. The summed E-state index contributed by atoms with van der Waals surface area (Å²) in [5.74, 6) is -0.685. The average Bonchev–Trinajstić information content (AvgIpc) is 2.44. The number of fused-ring (bicyclic) bond motifs is 1. The predicted octanol–water partition coefficient (Wildman–Crippen LogP) is 1.40. The second-order valence-corrected chi connectivity index (χ2v) is 5.38. The normalized spacial score (nSPS) is 17.6. The standard InChI is InChI=1S/C15H19NO5/c1-9(2)14-15(20)16(6-5-13(18)19)11-7-10(8-17)3-4-12(11)21-14/h3-4,7,9,14,17H,5-6,8H2,1-2H3,(H,18,19). The van der Waals surface area contributed by atoms with Crippen molar-refractivity contribution in [1.29, 1.82) is 0 Å². The molecule has 1 aliphatic rings. The van der Waals surface area contributed by atoms with Crippen LogP contribution in [0, 0.1) is 5.92 Å². The molecule has 1 unspecified atom stereocenters. The van der Waals surface area contributed by atoms with Gasteiger partial charge in [-0.15, -0.1) is 0 Å². The second-order valence-electron chi connectivity index (χ2n) is 5.38. The van der Waals surface area contributed by atoms with Gasteiger partial charge < -0.3 is 19.8 Å². The first-order valence-electron chi connectivity index (χ1n) is 6.87. The first kappa shape index (κ1) is 15.3. The van der Waals surface area contributed by atoms with E-state index in [-0.39, 0.29) is 31.4 Å². The van der Waals surface area contributed by atoms with Crippen molar-refractivity contribution in [2.45, 2.75) is 33.0 Å². The summed E-state index contributed by atoms with van der Waals surface area (Å²) in [4.78, 5) is 24.7. The molecule has 6 heteroatoms. The van der Waals surface area contributed by atoms with Crippen LogP contribution in [0.15, 0.2) is 18.2 Å². The molecule has 0 bridgehead atoms. The Labute approximate surface area is 122 Å². The van der Waals surface area contributed by atoms with Crippen LogP contribution in [0.3, 0.4) is 0 Å². The number of amides is 1. The number of nitrogens with zero attached hydrogens (tertiary/aromatic N) is 1. The van der Waals surface area contributed by atoms with E-state index in [0.717, 1.165) is 0 Å². The minimum Gasteiger partial charge on any atom is -0.481 e. The maximum Gasteiger partial charge on any atom is 0.305 e. The van der Waals surface area contributed by atoms with Gasteiger partial charge in [0.2, 0.25) is 0 Å². The van der Waals surface area contributed by atoms with Gasteiger partial charge in [0.1, 0.15) is 5.75 Å². The lowest BCUT2D eigenvalue weighted by Crippen LogP contribution is -2.49. The van der Waals surface area contributed by atoms with Gasteiger partial charge in [-0.3, -0.25) is 9.59 Å². The number of hydrogen-bond acceptors (Lipinski definition) is 4. The molecule has 0 radical (unpaired) electrons. The SMILES string of the molecule is CC(C)C1Oc2ccc(CO)cc2N(CCC(=O)O)C1=O. The average molecular weight is 293 g/mol. The van der Waals surface area contributed by atoms with Crippen LogP contribution in [0.1, 0.15) is 25.8 Å². The second kappa shape index (κ2) is 6.13. The molecule has 1 atom stereocenters. The number of anilines is 1. The van der Waals surface area contributed by atoms with Gasteiger partial charge in [0.05, 0.1) is 18.7 Å². The molecule has 1 amide bonds. The lowest BCUT2D eigenvalue weighted by atomic mass is 10.0. The Morgan fingerprint density at radius 2 is 2.14 bits per heavy atom. The van der Waals surface area contributed by atoms with E-state index in [1.54, 1.807) is 18.2 Å². The molecule has 1 aliphatic heterocycles. The Balaban J connectivity index is 2.39. The summed E-state index contributed by atoms with van der Waals surface area (Å²) in [5, 5.41) is 18.1. The van der Waals surface area contributed by atoms with Crippen LogP contribution in [0.5, 0.6) is 5.75 Å². The summed E-state index contributed by atoms with van der Waals surface area (Å²) in [5.41, 5.74) is 1.16. The summed E-state index contributed by atoms with van der Waals surface area (Å²) in [6.07, 6.45) is -0.759. The molecule has 6 nitrogen and oxygen atoms in total. The highest BCUT2D eigenvalue weighted by atomic mass is 16.5. The molecule has 0 fully saturated rings. The summed E-state index contributed by atoms with van der Waals surface area (Å²) in [6.45, 7) is 3.69. The highest BCUT2D eigenvalue weighted by Crippen LogP contribution is 2.36. The number of carboxylic acid groups (broad SMARTS) is 1. The Morgan fingerprint density at radius 3 is 2.71 bits per heavy atom. The Kier molecular flexibility index (Phi) is 4.47. The van der Waals surface area contributed by atoms with E-state index < -0.39 is 12.1 Å².